The average molecular weight is 240 g/mol. The van der Waals surface area contributed by atoms with Gasteiger partial charge in [0.1, 0.15) is 0 Å². The van der Waals surface area contributed by atoms with Crippen LogP contribution in [-0.4, -0.2) is 21.9 Å². The number of rotatable bonds is 2. The fourth-order valence-electron chi connectivity index (χ4n) is 1.06. The van der Waals surface area contributed by atoms with E-state index in [0.717, 1.165) is 6.07 Å². The summed E-state index contributed by atoms with van der Waals surface area (Å²) >= 11 is 5.34. The summed E-state index contributed by atoms with van der Waals surface area (Å²) in [5.41, 5.74) is -0.278. The molecular formula is C10H6ClNO4. The molecule has 0 aliphatic rings. The van der Waals surface area contributed by atoms with Gasteiger partial charge in [0.05, 0.1) is 16.4 Å². The van der Waals surface area contributed by atoms with Crippen molar-refractivity contribution in [3.8, 4) is 11.8 Å². The van der Waals surface area contributed by atoms with Gasteiger partial charge in [-0.3, -0.25) is 10.1 Å². The van der Waals surface area contributed by atoms with E-state index in [1.807, 2.05) is 0 Å². The van der Waals surface area contributed by atoms with Gasteiger partial charge in [-0.25, -0.2) is 4.79 Å². The van der Waals surface area contributed by atoms with E-state index in [9.17, 15) is 14.9 Å². The minimum Gasteiger partial charge on any atom is -0.478 e. The van der Waals surface area contributed by atoms with E-state index in [4.69, 9.17) is 16.7 Å². The predicted molar refractivity (Wildman–Crippen MR) is 57.7 cm³/mol. The largest absolute Gasteiger partial charge is 0.478 e. The topological polar surface area (TPSA) is 80.4 Å². The van der Waals surface area contributed by atoms with E-state index >= 15 is 0 Å². The summed E-state index contributed by atoms with van der Waals surface area (Å²) in [5, 5.41) is 19.3. The maximum absolute atomic E-state index is 10.8. The monoisotopic (exact) mass is 239 g/mol. The number of hydrogen-bond donors (Lipinski definition) is 1. The summed E-state index contributed by atoms with van der Waals surface area (Å²) in [7, 11) is 0. The molecule has 6 heteroatoms. The normalized spacial score (nSPS) is 9.06. The van der Waals surface area contributed by atoms with Gasteiger partial charge in [0.15, 0.2) is 0 Å². The highest BCUT2D eigenvalue weighted by molar-refractivity contribution is 6.19. The Kier molecular flexibility index (Phi) is 3.86. The minimum absolute atomic E-state index is 0.0655. The van der Waals surface area contributed by atoms with E-state index in [0.29, 0.717) is 0 Å². The van der Waals surface area contributed by atoms with Crippen molar-refractivity contribution in [2.75, 3.05) is 5.88 Å². The maximum Gasteiger partial charge on any atom is 0.337 e. The molecule has 0 saturated carbocycles. The van der Waals surface area contributed by atoms with Crippen molar-refractivity contribution in [3.05, 3.63) is 39.4 Å². The Morgan fingerprint density at radius 3 is 2.75 bits per heavy atom. The smallest absolute Gasteiger partial charge is 0.337 e. The minimum atomic E-state index is -1.26. The lowest BCUT2D eigenvalue weighted by Gasteiger charge is -1.98. The molecule has 0 atom stereocenters. The van der Waals surface area contributed by atoms with Gasteiger partial charge in [-0.05, 0) is 6.07 Å². The first-order valence-electron chi connectivity index (χ1n) is 4.13. The summed E-state index contributed by atoms with van der Waals surface area (Å²) in [5.74, 6) is 3.82. The van der Waals surface area contributed by atoms with Crippen LogP contribution in [0.5, 0.6) is 0 Å². The molecule has 0 aliphatic heterocycles. The van der Waals surface area contributed by atoms with E-state index in [2.05, 4.69) is 11.8 Å². The zero-order valence-electron chi connectivity index (χ0n) is 7.94. The summed E-state index contributed by atoms with van der Waals surface area (Å²) < 4.78 is 0. The van der Waals surface area contributed by atoms with Crippen LogP contribution in [0.3, 0.4) is 0 Å². The molecule has 0 fully saturated rings. The molecule has 1 aromatic carbocycles. The van der Waals surface area contributed by atoms with Crippen molar-refractivity contribution in [2.24, 2.45) is 0 Å². The second-order valence-electron chi connectivity index (χ2n) is 2.73. The number of carboxylic acids is 1. The molecule has 0 aromatic heterocycles. The van der Waals surface area contributed by atoms with E-state index in [1.165, 1.54) is 12.1 Å². The summed E-state index contributed by atoms with van der Waals surface area (Å²) in [4.78, 5) is 20.6. The number of nitrogens with zero attached hydrogens (tertiary/aromatic N) is 1. The third-order valence-electron chi connectivity index (χ3n) is 1.73. The van der Waals surface area contributed by atoms with E-state index in [1.54, 1.807) is 0 Å². The number of carbonyl (C=O) groups is 1. The lowest BCUT2D eigenvalue weighted by atomic mass is 10.1. The first kappa shape index (κ1) is 12.0. The van der Waals surface area contributed by atoms with Gasteiger partial charge in [-0.1, -0.05) is 11.8 Å². The fraction of sp³-hybridized carbons (Fsp3) is 0.100. The van der Waals surface area contributed by atoms with Gasteiger partial charge in [-0.15, -0.1) is 11.6 Å². The van der Waals surface area contributed by atoms with Crippen LogP contribution in [0.4, 0.5) is 5.69 Å². The van der Waals surface area contributed by atoms with Gasteiger partial charge < -0.3 is 5.11 Å². The third-order valence-corrected chi connectivity index (χ3v) is 1.87. The maximum atomic E-state index is 10.8. The molecule has 0 bridgehead atoms. The molecule has 1 aromatic rings. The molecule has 5 nitrogen and oxygen atoms in total. The highest BCUT2D eigenvalue weighted by Gasteiger charge is 2.14. The average Bonchev–Trinajstić information content (AvgIpc) is 2.25. The van der Waals surface area contributed by atoms with Gasteiger partial charge in [0, 0.05) is 17.7 Å². The molecule has 0 unspecified atom stereocenters. The Morgan fingerprint density at radius 2 is 2.25 bits per heavy atom. The van der Waals surface area contributed by atoms with Crippen molar-refractivity contribution in [3.63, 3.8) is 0 Å². The predicted octanol–water partition coefficient (Wildman–Crippen LogP) is 1.88. The number of carboxylic acid groups (broad SMARTS) is 1. The van der Waals surface area contributed by atoms with Crippen molar-refractivity contribution >= 4 is 23.3 Å². The Balaban J connectivity index is 3.30. The Hall–Kier alpha value is -2.06. The van der Waals surface area contributed by atoms with Crippen LogP contribution in [-0.2, 0) is 0 Å². The quantitative estimate of drug-likeness (QED) is 0.370. The first-order chi connectivity index (χ1) is 7.56. The fourth-order valence-corrected chi connectivity index (χ4v) is 1.13. The van der Waals surface area contributed by atoms with Crippen LogP contribution in [0.2, 0.25) is 0 Å². The van der Waals surface area contributed by atoms with Crippen LogP contribution in [0.25, 0.3) is 0 Å². The molecule has 0 radical (unpaired) electrons. The van der Waals surface area contributed by atoms with Crippen LogP contribution >= 0.6 is 11.6 Å². The van der Waals surface area contributed by atoms with Crippen molar-refractivity contribution in [1.82, 2.24) is 0 Å². The number of nitro benzene ring substituents is 1. The molecule has 0 spiro atoms. The number of halogens is 1. The van der Waals surface area contributed by atoms with Gasteiger partial charge >= 0.3 is 5.97 Å². The molecule has 0 saturated heterocycles. The summed E-state index contributed by atoms with van der Waals surface area (Å²) in [6.07, 6.45) is 0. The second-order valence-corrected chi connectivity index (χ2v) is 2.99. The van der Waals surface area contributed by atoms with Crippen LogP contribution in [0.15, 0.2) is 18.2 Å². The molecule has 16 heavy (non-hydrogen) atoms. The Labute approximate surface area is 95.8 Å². The molecule has 0 heterocycles. The van der Waals surface area contributed by atoms with Gasteiger partial charge in [0.2, 0.25) is 0 Å². The molecule has 82 valence electrons. The summed E-state index contributed by atoms with van der Waals surface area (Å²) in [6, 6.07) is 3.46. The zero-order chi connectivity index (χ0) is 12.1. The van der Waals surface area contributed by atoms with Crippen molar-refractivity contribution in [2.45, 2.75) is 0 Å². The van der Waals surface area contributed by atoms with Gasteiger partial charge in [0.25, 0.3) is 5.69 Å². The molecule has 1 N–H and O–H groups in total. The van der Waals surface area contributed by atoms with Crippen LogP contribution in [0, 0.1) is 22.0 Å². The van der Waals surface area contributed by atoms with E-state index in [-0.39, 0.29) is 22.7 Å². The van der Waals surface area contributed by atoms with E-state index < -0.39 is 10.9 Å². The number of non-ortho nitro benzene ring substituents is 1. The summed E-state index contributed by atoms with van der Waals surface area (Å²) in [6.45, 7) is 0. The number of alkyl halides is 1. The first-order valence-corrected chi connectivity index (χ1v) is 4.66. The number of hydrogen-bond acceptors (Lipinski definition) is 3. The van der Waals surface area contributed by atoms with Crippen LogP contribution in [0.1, 0.15) is 15.9 Å². The lowest BCUT2D eigenvalue weighted by Crippen LogP contribution is -2.01. The SMILES string of the molecule is O=C(O)c1cc([N+](=O)[O-])ccc1C#CCCl. The third kappa shape index (κ3) is 2.72. The number of aromatic carboxylic acids is 1. The van der Waals surface area contributed by atoms with Crippen molar-refractivity contribution in [1.29, 1.82) is 0 Å². The molecular weight excluding hydrogens is 234 g/mol. The standard InChI is InChI=1S/C10H6ClNO4/c11-5-1-2-7-3-4-8(12(15)16)6-9(7)10(13)14/h3-4,6H,5H2,(H,13,14). The second kappa shape index (κ2) is 5.14. The van der Waals surface area contributed by atoms with Crippen LogP contribution < -0.4 is 0 Å². The van der Waals surface area contributed by atoms with Gasteiger partial charge in [-0.2, -0.15) is 0 Å². The molecule has 0 amide bonds. The lowest BCUT2D eigenvalue weighted by molar-refractivity contribution is -0.384. The Morgan fingerprint density at radius 1 is 1.56 bits per heavy atom. The molecule has 0 aliphatic carbocycles. The number of benzene rings is 1. The number of nitro groups is 1. The van der Waals surface area contributed by atoms with Crippen molar-refractivity contribution < 1.29 is 14.8 Å². The highest BCUT2D eigenvalue weighted by Crippen LogP contribution is 2.17. The highest BCUT2D eigenvalue weighted by atomic mass is 35.5. The zero-order valence-corrected chi connectivity index (χ0v) is 8.69. The molecule has 1 rings (SSSR count). The Bertz CT molecular complexity index is 501.